The van der Waals surface area contributed by atoms with E-state index >= 15 is 0 Å². The summed E-state index contributed by atoms with van der Waals surface area (Å²) in [6.45, 7) is 4.67. The highest BCUT2D eigenvalue weighted by Crippen LogP contribution is 2.20. The molecule has 1 fully saturated rings. The fourth-order valence-corrected chi connectivity index (χ4v) is 4.19. The van der Waals surface area contributed by atoms with Crippen molar-refractivity contribution in [3.63, 3.8) is 0 Å². The number of aromatic nitrogens is 1. The van der Waals surface area contributed by atoms with E-state index in [9.17, 15) is 12.8 Å². The van der Waals surface area contributed by atoms with E-state index in [1.807, 2.05) is 6.92 Å². The van der Waals surface area contributed by atoms with Crippen LogP contribution in [0.4, 0.5) is 4.39 Å². The molecule has 1 aliphatic heterocycles. The lowest BCUT2D eigenvalue weighted by Gasteiger charge is -2.29. The van der Waals surface area contributed by atoms with E-state index in [0.29, 0.717) is 19.0 Å². The van der Waals surface area contributed by atoms with Crippen molar-refractivity contribution in [1.29, 1.82) is 0 Å². The molecule has 0 saturated carbocycles. The van der Waals surface area contributed by atoms with Crippen molar-refractivity contribution < 1.29 is 12.8 Å². The summed E-state index contributed by atoms with van der Waals surface area (Å²) in [5, 5.41) is 3.29. The van der Waals surface area contributed by atoms with E-state index in [1.54, 1.807) is 0 Å². The molecule has 1 atom stereocenters. The Morgan fingerprint density at radius 3 is 2.90 bits per heavy atom. The average molecular weight is 315 g/mol. The number of nitrogens with one attached hydrogen (secondary N) is 1. The van der Waals surface area contributed by atoms with Crippen LogP contribution < -0.4 is 5.32 Å². The second kappa shape index (κ2) is 7.29. The van der Waals surface area contributed by atoms with Gasteiger partial charge in [-0.1, -0.05) is 6.92 Å². The molecule has 0 radical (unpaired) electrons. The first-order valence-corrected chi connectivity index (χ1v) is 8.79. The molecule has 1 unspecified atom stereocenters. The van der Waals surface area contributed by atoms with Gasteiger partial charge in [0, 0.05) is 19.3 Å². The lowest BCUT2D eigenvalue weighted by molar-refractivity contribution is 0.291. The highest BCUT2D eigenvalue weighted by molar-refractivity contribution is 7.89. The van der Waals surface area contributed by atoms with Gasteiger partial charge in [0.25, 0.3) is 0 Å². The van der Waals surface area contributed by atoms with Crippen LogP contribution in [-0.4, -0.2) is 43.9 Å². The van der Waals surface area contributed by atoms with E-state index in [-0.39, 0.29) is 4.90 Å². The molecule has 2 rings (SSSR count). The third-order valence-electron chi connectivity index (χ3n) is 3.65. The maximum absolute atomic E-state index is 13.2. The molecular formula is C14H22FN3O2S. The Labute approximate surface area is 125 Å². The van der Waals surface area contributed by atoms with Crippen LogP contribution >= 0.6 is 0 Å². The van der Waals surface area contributed by atoms with Crippen LogP contribution in [-0.2, 0) is 10.0 Å². The highest BCUT2D eigenvalue weighted by Gasteiger charge is 2.27. The topological polar surface area (TPSA) is 62.3 Å². The summed E-state index contributed by atoms with van der Waals surface area (Å²) in [6.07, 6.45) is 5.02. The molecule has 1 aromatic heterocycles. The molecule has 0 aromatic carbocycles. The van der Waals surface area contributed by atoms with Gasteiger partial charge >= 0.3 is 0 Å². The number of piperidine rings is 1. The quantitative estimate of drug-likeness (QED) is 0.866. The predicted octanol–water partition coefficient (Wildman–Crippen LogP) is 1.62. The Balaban J connectivity index is 2.19. The van der Waals surface area contributed by atoms with Gasteiger partial charge in [-0.25, -0.2) is 12.8 Å². The van der Waals surface area contributed by atoms with Crippen molar-refractivity contribution in [3.8, 4) is 0 Å². The summed E-state index contributed by atoms with van der Waals surface area (Å²) in [5.74, 6) is -0.326. The molecule has 1 saturated heterocycles. The van der Waals surface area contributed by atoms with E-state index < -0.39 is 15.8 Å². The molecule has 21 heavy (non-hydrogen) atoms. The van der Waals surface area contributed by atoms with Crippen LogP contribution in [0.15, 0.2) is 23.4 Å². The minimum Gasteiger partial charge on any atom is -0.316 e. The monoisotopic (exact) mass is 315 g/mol. The van der Waals surface area contributed by atoms with Crippen LogP contribution in [0.5, 0.6) is 0 Å². The first kappa shape index (κ1) is 16.3. The van der Waals surface area contributed by atoms with Gasteiger partial charge in [-0.2, -0.15) is 4.31 Å². The zero-order chi connectivity index (χ0) is 15.3. The van der Waals surface area contributed by atoms with Crippen molar-refractivity contribution in [1.82, 2.24) is 14.6 Å². The van der Waals surface area contributed by atoms with Crippen LogP contribution in [0.25, 0.3) is 0 Å². The number of rotatable bonds is 6. The van der Waals surface area contributed by atoms with Crippen molar-refractivity contribution in [2.24, 2.45) is 5.92 Å². The Morgan fingerprint density at radius 2 is 2.29 bits per heavy atom. The van der Waals surface area contributed by atoms with Crippen LogP contribution in [0.2, 0.25) is 0 Å². The molecular weight excluding hydrogens is 293 g/mol. The third-order valence-corrected chi connectivity index (χ3v) is 5.48. The van der Waals surface area contributed by atoms with Gasteiger partial charge in [-0.15, -0.1) is 0 Å². The zero-order valence-corrected chi connectivity index (χ0v) is 13.1. The molecule has 0 bridgehead atoms. The minimum atomic E-state index is -3.68. The second-order valence-electron chi connectivity index (χ2n) is 5.41. The molecule has 2 heterocycles. The van der Waals surface area contributed by atoms with Gasteiger partial charge in [-0.05, 0) is 44.3 Å². The SMILES string of the molecule is CCCN(CC1CCCNC1)S(=O)(=O)c1cncc(F)c1. The predicted molar refractivity (Wildman–Crippen MR) is 78.8 cm³/mol. The Hall–Kier alpha value is -1.05. The number of nitrogens with zero attached hydrogens (tertiary/aromatic N) is 2. The Bertz CT molecular complexity index is 559. The lowest BCUT2D eigenvalue weighted by atomic mass is 10.00. The highest BCUT2D eigenvalue weighted by atomic mass is 32.2. The van der Waals surface area contributed by atoms with Crippen molar-refractivity contribution >= 4 is 10.0 Å². The molecule has 7 heteroatoms. The first-order valence-electron chi connectivity index (χ1n) is 7.35. The Kier molecular flexibility index (Phi) is 5.66. The van der Waals surface area contributed by atoms with E-state index in [4.69, 9.17) is 0 Å². The summed E-state index contributed by atoms with van der Waals surface area (Å²) >= 11 is 0. The molecule has 0 amide bonds. The zero-order valence-electron chi connectivity index (χ0n) is 12.3. The summed E-state index contributed by atoms with van der Waals surface area (Å²) < 4.78 is 40.0. The summed E-state index contributed by atoms with van der Waals surface area (Å²) in [4.78, 5) is 3.58. The lowest BCUT2D eigenvalue weighted by Crippen LogP contribution is -2.41. The molecule has 1 aliphatic rings. The molecule has 5 nitrogen and oxygen atoms in total. The Morgan fingerprint density at radius 1 is 1.48 bits per heavy atom. The van der Waals surface area contributed by atoms with Crippen molar-refractivity contribution in [3.05, 3.63) is 24.3 Å². The summed E-state index contributed by atoms with van der Waals surface area (Å²) in [5.41, 5.74) is 0. The van der Waals surface area contributed by atoms with E-state index in [2.05, 4.69) is 10.3 Å². The molecule has 0 aliphatic carbocycles. The summed E-state index contributed by atoms with van der Waals surface area (Å²) in [6, 6.07) is 1.03. The second-order valence-corrected chi connectivity index (χ2v) is 7.35. The van der Waals surface area contributed by atoms with Crippen LogP contribution in [0, 0.1) is 11.7 Å². The number of halogens is 1. The largest absolute Gasteiger partial charge is 0.316 e. The smallest absolute Gasteiger partial charge is 0.244 e. The van der Waals surface area contributed by atoms with Gasteiger partial charge in [0.2, 0.25) is 10.0 Å². The number of sulfonamides is 1. The van der Waals surface area contributed by atoms with Crippen molar-refractivity contribution in [2.45, 2.75) is 31.1 Å². The third kappa shape index (κ3) is 4.21. The van der Waals surface area contributed by atoms with Crippen molar-refractivity contribution in [2.75, 3.05) is 26.2 Å². The number of pyridine rings is 1. The molecule has 1 aromatic rings. The molecule has 0 spiro atoms. The number of hydrogen-bond donors (Lipinski definition) is 1. The maximum atomic E-state index is 13.2. The van der Waals surface area contributed by atoms with Gasteiger partial charge in [0.1, 0.15) is 10.7 Å². The van der Waals surface area contributed by atoms with Gasteiger partial charge < -0.3 is 5.32 Å². The van der Waals surface area contributed by atoms with E-state index in [1.165, 1.54) is 10.5 Å². The maximum Gasteiger partial charge on any atom is 0.244 e. The minimum absolute atomic E-state index is 0.0697. The van der Waals surface area contributed by atoms with Crippen LogP contribution in [0.3, 0.4) is 0 Å². The summed E-state index contributed by atoms with van der Waals surface area (Å²) in [7, 11) is -3.68. The van der Waals surface area contributed by atoms with Crippen LogP contribution in [0.1, 0.15) is 26.2 Å². The van der Waals surface area contributed by atoms with Gasteiger partial charge in [-0.3, -0.25) is 4.98 Å². The van der Waals surface area contributed by atoms with Gasteiger partial charge in [0.15, 0.2) is 0 Å². The van der Waals surface area contributed by atoms with E-state index in [0.717, 1.165) is 44.6 Å². The van der Waals surface area contributed by atoms with Gasteiger partial charge in [0.05, 0.1) is 6.20 Å². The number of hydrogen-bond acceptors (Lipinski definition) is 4. The average Bonchev–Trinajstić information content (AvgIpc) is 2.48. The first-order chi connectivity index (χ1) is 10.0. The molecule has 1 N–H and O–H groups in total. The fraction of sp³-hybridized carbons (Fsp3) is 0.643. The fourth-order valence-electron chi connectivity index (χ4n) is 2.61. The normalized spacial score (nSPS) is 19.9. The standard InChI is InChI=1S/C14H22FN3O2S/c1-2-6-18(11-12-4-3-5-16-8-12)21(19,20)14-7-13(15)9-17-10-14/h7,9-10,12,16H,2-6,8,11H2,1H3. The molecule has 118 valence electrons.